The van der Waals surface area contributed by atoms with Crippen LogP contribution >= 0.6 is 0 Å². The summed E-state index contributed by atoms with van der Waals surface area (Å²) < 4.78 is 12.9. The highest BCUT2D eigenvalue weighted by Gasteiger charge is 2.18. The molecule has 40 heavy (non-hydrogen) atoms. The van der Waals surface area contributed by atoms with Crippen molar-refractivity contribution >= 4 is 65.7 Å². The third kappa shape index (κ3) is 2.93. The number of hydrogen-bond acceptors (Lipinski definition) is 6. The molecule has 6 heteroatoms. The van der Waals surface area contributed by atoms with Crippen molar-refractivity contribution in [1.29, 1.82) is 0 Å². The van der Waals surface area contributed by atoms with Crippen LogP contribution in [-0.2, 0) is 0 Å². The lowest BCUT2D eigenvalue weighted by molar-refractivity contribution is 0.672. The van der Waals surface area contributed by atoms with Crippen LogP contribution < -0.4 is 0 Å². The van der Waals surface area contributed by atoms with Crippen molar-refractivity contribution in [3.8, 4) is 22.5 Å². The van der Waals surface area contributed by atoms with Crippen molar-refractivity contribution in [2.75, 3.05) is 0 Å². The molecule has 0 fully saturated rings. The Hall–Kier alpha value is -5.62. The summed E-state index contributed by atoms with van der Waals surface area (Å²) in [6.07, 6.45) is 7.14. The maximum absolute atomic E-state index is 6.44. The van der Waals surface area contributed by atoms with Gasteiger partial charge in [-0.05, 0) is 35.0 Å². The highest BCUT2D eigenvalue weighted by molar-refractivity contribution is 6.16. The normalized spacial score (nSPS) is 12.0. The van der Waals surface area contributed by atoms with Crippen molar-refractivity contribution in [2.24, 2.45) is 0 Å². The number of rotatable bonds is 2. The van der Waals surface area contributed by atoms with E-state index in [0.717, 1.165) is 65.6 Å². The van der Waals surface area contributed by atoms with Crippen LogP contribution in [0.15, 0.2) is 119 Å². The lowest BCUT2D eigenvalue weighted by atomic mass is 10.1. The minimum atomic E-state index is 0.700. The summed E-state index contributed by atoms with van der Waals surface area (Å²) in [5.74, 6) is 0. The zero-order chi connectivity index (χ0) is 26.2. The molecule has 4 aromatic carbocycles. The Bertz CT molecular complexity index is 2270. The Morgan fingerprint density at radius 1 is 0.400 bits per heavy atom. The largest absolute Gasteiger partial charge is 0.453 e. The molecule has 0 N–H and O–H groups in total. The quantitative estimate of drug-likeness (QED) is 0.230. The van der Waals surface area contributed by atoms with Crippen LogP contribution in [0.5, 0.6) is 0 Å². The molecule has 0 aliphatic carbocycles. The number of aromatic nitrogens is 4. The Labute approximate surface area is 226 Å². The first-order valence-corrected chi connectivity index (χ1v) is 13.0. The van der Waals surface area contributed by atoms with Crippen LogP contribution in [0.1, 0.15) is 0 Å². The lowest BCUT2D eigenvalue weighted by Crippen LogP contribution is -1.91. The van der Waals surface area contributed by atoms with Crippen LogP contribution in [0.4, 0.5) is 0 Å². The first-order chi connectivity index (χ1) is 19.8. The van der Waals surface area contributed by atoms with Gasteiger partial charge in [0.2, 0.25) is 0 Å². The van der Waals surface area contributed by atoms with Gasteiger partial charge in [0.05, 0.1) is 23.8 Å². The molecule has 0 saturated carbocycles. The smallest absolute Gasteiger partial charge is 0.163 e. The molecule has 6 nitrogen and oxygen atoms in total. The molecular weight excluding hydrogens is 496 g/mol. The molecule has 0 atom stereocenters. The third-order valence-corrected chi connectivity index (χ3v) is 7.69. The number of furan rings is 2. The Kier molecular flexibility index (Phi) is 4.24. The zero-order valence-electron chi connectivity index (χ0n) is 21.0. The Morgan fingerprint density at radius 3 is 1.35 bits per heavy atom. The molecule has 5 aromatic heterocycles. The van der Waals surface area contributed by atoms with Crippen LogP contribution in [0.3, 0.4) is 0 Å². The van der Waals surface area contributed by atoms with Gasteiger partial charge in [-0.3, -0.25) is 19.9 Å². The predicted molar refractivity (Wildman–Crippen MR) is 158 cm³/mol. The van der Waals surface area contributed by atoms with Gasteiger partial charge >= 0.3 is 0 Å². The zero-order valence-corrected chi connectivity index (χ0v) is 21.0. The fourth-order valence-corrected chi connectivity index (χ4v) is 5.78. The summed E-state index contributed by atoms with van der Waals surface area (Å²) in [6, 6.07) is 28.6. The van der Waals surface area contributed by atoms with E-state index in [2.05, 4.69) is 58.5 Å². The van der Waals surface area contributed by atoms with E-state index in [4.69, 9.17) is 18.8 Å². The molecule has 0 saturated heterocycles. The van der Waals surface area contributed by atoms with Gasteiger partial charge in [0, 0.05) is 45.1 Å². The maximum Gasteiger partial charge on any atom is 0.163 e. The summed E-state index contributed by atoms with van der Waals surface area (Å²) in [5, 5.41) is 6.34. The number of hydrogen-bond donors (Lipinski definition) is 0. The van der Waals surface area contributed by atoms with Crippen molar-refractivity contribution in [3.05, 3.63) is 110 Å². The van der Waals surface area contributed by atoms with Crippen LogP contribution in [-0.4, -0.2) is 19.9 Å². The SMILES string of the molecule is c1ccc2c(c1)ccc1c3nccc(-c4cnc(-c5ccnc6c5oc5c7ccccc7ccc65)cn4)c3oc21. The van der Waals surface area contributed by atoms with Crippen molar-refractivity contribution in [3.63, 3.8) is 0 Å². The second-order valence-electron chi connectivity index (χ2n) is 9.89. The minimum absolute atomic E-state index is 0.700. The van der Waals surface area contributed by atoms with Gasteiger partial charge in [0.1, 0.15) is 22.2 Å². The van der Waals surface area contributed by atoms with Crippen LogP contribution in [0.25, 0.3) is 88.2 Å². The molecule has 5 heterocycles. The standard InChI is InChI=1S/C34H18N4O2/c1-3-7-21-19(5-1)9-11-25-29-33(39-31(21)25)23(13-15-35-29)27-17-38-28(18-37-27)24-14-16-36-30-26-12-10-20-6-2-4-8-22(20)32(26)40-34(24)30/h1-18H. The number of pyridine rings is 2. The molecule has 9 rings (SSSR count). The second kappa shape index (κ2) is 7.94. The summed E-state index contributed by atoms with van der Waals surface area (Å²) in [6.45, 7) is 0. The van der Waals surface area contributed by atoms with E-state index in [-0.39, 0.29) is 0 Å². The maximum atomic E-state index is 6.44. The average Bonchev–Trinajstić information content (AvgIpc) is 3.60. The summed E-state index contributed by atoms with van der Waals surface area (Å²) in [4.78, 5) is 18.9. The number of nitrogens with zero attached hydrogens (tertiary/aromatic N) is 4. The van der Waals surface area contributed by atoms with Gasteiger partial charge < -0.3 is 8.83 Å². The Morgan fingerprint density at radius 2 is 0.875 bits per heavy atom. The number of fused-ring (bicyclic) bond motifs is 10. The van der Waals surface area contributed by atoms with Crippen molar-refractivity contribution in [1.82, 2.24) is 19.9 Å². The molecule has 0 spiro atoms. The topological polar surface area (TPSA) is 77.8 Å². The van der Waals surface area contributed by atoms with Gasteiger partial charge in [-0.15, -0.1) is 0 Å². The van der Waals surface area contributed by atoms with Gasteiger partial charge in [-0.2, -0.15) is 0 Å². The molecule has 0 unspecified atom stereocenters. The molecule has 0 amide bonds. The third-order valence-electron chi connectivity index (χ3n) is 7.69. The van der Waals surface area contributed by atoms with Gasteiger partial charge in [-0.25, -0.2) is 0 Å². The molecule has 0 aliphatic heterocycles. The fraction of sp³-hybridized carbons (Fsp3) is 0. The van der Waals surface area contributed by atoms with Crippen LogP contribution in [0, 0.1) is 0 Å². The second-order valence-corrected chi connectivity index (χ2v) is 9.89. The molecule has 0 bridgehead atoms. The number of benzene rings is 4. The van der Waals surface area contributed by atoms with E-state index >= 15 is 0 Å². The molecule has 9 aromatic rings. The van der Waals surface area contributed by atoms with E-state index in [0.29, 0.717) is 22.6 Å². The highest BCUT2D eigenvalue weighted by Crippen LogP contribution is 2.39. The summed E-state index contributed by atoms with van der Waals surface area (Å²) >= 11 is 0. The molecule has 0 radical (unpaired) electrons. The van der Waals surface area contributed by atoms with E-state index in [9.17, 15) is 0 Å². The predicted octanol–water partition coefficient (Wildman–Crippen LogP) is 8.71. The molecule has 186 valence electrons. The van der Waals surface area contributed by atoms with E-state index in [1.165, 1.54) is 0 Å². The van der Waals surface area contributed by atoms with E-state index < -0.39 is 0 Å². The van der Waals surface area contributed by atoms with Gasteiger partial charge in [-0.1, -0.05) is 60.7 Å². The monoisotopic (exact) mass is 514 g/mol. The van der Waals surface area contributed by atoms with Gasteiger partial charge in [0.15, 0.2) is 11.2 Å². The minimum Gasteiger partial charge on any atom is -0.453 e. The van der Waals surface area contributed by atoms with E-state index in [1.807, 2.05) is 36.4 Å². The van der Waals surface area contributed by atoms with Gasteiger partial charge in [0.25, 0.3) is 0 Å². The van der Waals surface area contributed by atoms with Crippen LogP contribution in [0.2, 0.25) is 0 Å². The molecular formula is C34H18N4O2. The molecule has 0 aliphatic rings. The first-order valence-electron chi connectivity index (χ1n) is 13.0. The average molecular weight is 515 g/mol. The summed E-state index contributed by atoms with van der Waals surface area (Å²) in [5.41, 5.74) is 7.80. The lowest BCUT2D eigenvalue weighted by Gasteiger charge is -2.04. The van der Waals surface area contributed by atoms with Crippen molar-refractivity contribution < 1.29 is 8.83 Å². The van der Waals surface area contributed by atoms with Crippen molar-refractivity contribution in [2.45, 2.75) is 0 Å². The highest BCUT2D eigenvalue weighted by atomic mass is 16.3. The Balaban J connectivity index is 1.20. The fourth-order valence-electron chi connectivity index (χ4n) is 5.78. The summed E-state index contributed by atoms with van der Waals surface area (Å²) in [7, 11) is 0. The van der Waals surface area contributed by atoms with E-state index in [1.54, 1.807) is 24.8 Å². The first kappa shape index (κ1) is 21.3.